The number of fused-ring (bicyclic) bond motifs is 1. The number of benzene rings is 1. The fraction of sp³-hybridized carbons (Fsp3) is 0.231. The summed E-state index contributed by atoms with van der Waals surface area (Å²) in [5.74, 6) is -0.312. The molecule has 0 amide bonds. The van der Waals surface area contributed by atoms with Crippen molar-refractivity contribution in [1.82, 2.24) is 24.8 Å². The number of aromatic nitrogens is 5. The van der Waals surface area contributed by atoms with Crippen molar-refractivity contribution in [2.45, 2.75) is 32.2 Å². The highest BCUT2D eigenvalue weighted by Crippen LogP contribution is 2.36. The van der Waals surface area contributed by atoms with Crippen molar-refractivity contribution in [1.29, 1.82) is 0 Å². The van der Waals surface area contributed by atoms with Gasteiger partial charge in [0.25, 0.3) is 5.56 Å². The lowest BCUT2D eigenvalue weighted by atomic mass is 10.0. The minimum atomic E-state index is -0.312. The van der Waals surface area contributed by atoms with Crippen molar-refractivity contribution in [3.05, 3.63) is 85.8 Å². The Bertz CT molecular complexity index is 1640. The molecule has 11 heteroatoms. The largest absolute Gasteiger partial charge is 0.462 e. The predicted octanol–water partition coefficient (Wildman–Crippen LogP) is 4.76. The molecule has 2 aliphatic rings. The highest BCUT2D eigenvalue weighted by molar-refractivity contribution is 7.12. The minimum absolute atomic E-state index is 0.0890. The van der Waals surface area contributed by atoms with Crippen molar-refractivity contribution in [3.63, 3.8) is 0 Å². The van der Waals surface area contributed by atoms with Crippen LogP contribution in [0.3, 0.4) is 0 Å². The van der Waals surface area contributed by atoms with E-state index in [-0.39, 0.29) is 17.6 Å². The maximum atomic E-state index is 13.4. The van der Waals surface area contributed by atoms with Gasteiger partial charge in [0, 0.05) is 40.7 Å². The summed E-state index contributed by atoms with van der Waals surface area (Å²) in [6, 6.07) is 10.8. The SMILES string of the molecule is CCOC(=O)c1cc(C2=CN=C([C@@H]3CCc4cc(-c5cc(Cl)ccc5-n5cnnn5)cc(=O)n43)C2)cs1. The second kappa shape index (κ2) is 9.53. The van der Waals surface area contributed by atoms with E-state index in [1.165, 1.54) is 17.7 Å². The number of aliphatic imine (C=N–C) groups is 1. The van der Waals surface area contributed by atoms with E-state index in [1.54, 1.807) is 23.7 Å². The van der Waals surface area contributed by atoms with Gasteiger partial charge in [-0.3, -0.25) is 9.79 Å². The van der Waals surface area contributed by atoms with Gasteiger partial charge in [0.15, 0.2) is 0 Å². The van der Waals surface area contributed by atoms with E-state index in [4.69, 9.17) is 16.3 Å². The van der Waals surface area contributed by atoms with Crippen molar-refractivity contribution in [3.8, 4) is 16.8 Å². The molecular formula is C26H21ClN6O3S. The van der Waals surface area contributed by atoms with E-state index in [1.807, 2.05) is 40.4 Å². The third kappa shape index (κ3) is 4.32. The molecule has 0 saturated carbocycles. The van der Waals surface area contributed by atoms with Gasteiger partial charge in [-0.05, 0) is 82.6 Å². The van der Waals surface area contributed by atoms with Crippen LogP contribution in [0.25, 0.3) is 22.4 Å². The number of carbonyl (C=O) groups is 1. The van der Waals surface area contributed by atoms with Gasteiger partial charge in [-0.1, -0.05) is 11.6 Å². The van der Waals surface area contributed by atoms with Gasteiger partial charge in [-0.2, -0.15) is 4.68 Å². The average Bonchev–Trinajstić information content (AvgIpc) is 3.69. The summed E-state index contributed by atoms with van der Waals surface area (Å²) in [6.07, 6.45) is 5.54. The fourth-order valence-electron chi connectivity index (χ4n) is 4.92. The summed E-state index contributed by atoms with van der Waals surface area (Å²) in [5.41, 5.74) is 6.08. The molecule has 6 rings (SSSR count). The van der Waals surface area contributed by atoms with Crippen LogP contribution in [0.1, 0.15) is 46.7 Å². The number of tetrazole rings is 1. The Morgan fingerprint density at radius 3 is 2.92 bits per heavy atom. The monoisotopic (exact) mass is 532 g/mol. The molecule has 186 valence electrons. The summed E-state index contributed by atoms with van der Waals surface area (Å²) in [7, 11) is 0. The van der Waals surface area contributed by atoms with Crippen molar-refractivity contribution in [2.24, 2.45) is 4.99 Å². The maximum Gasteiger partial charge on any atom is 0.348 e. The Labute approximate surface area is 220 Å². The first kappa shape index (κ1) is 23.5. The van der Waals surface area contributed by atoms with Crippen LogP contribution in [0.4, 0.5) is 0 Å². The smallest absolute Gasteiger partial charge is 0.348 e. The van der Waals surface area contributed by atoms with Crippen molar-refractivity contribution in [2.75, 3.05) is 6.61 Å². The lowest BCUT2D eigenvalue weighted by Crippen LogP contribution is -2.27. The molecule has 0 spiro atoms. The molecule has 1 atom stereocenters. The fourth-order valence-corrected chi connectivity index (χ4v) is 5.91. The van der Waals surface area contributed by atoms with Gasteiger partial charge in [0.05, 0.1) is 18.3 Å². The molecular weight excluding hydrogens is 512 g/mol. The Kier molecular flexibility index (Phi) is 6.05. The Morgan fingerprint density at radius 1 is 1.22 bits per heavy atom. The number of hydrogen-bond acceptors (Lipinski definition) is 8. The van der Waals surface area contributed by atoms with E-state index < -0.39 is 0 Å². The number of aryl methyl sites for hydroxylation is 1. The zero-order valence-electron chi connectivity index (χ0n) is 19.8. The Balaban J connectivity index is 1.27. The van der Waals surface area contributed by atoms with Gasteiger partial charge in [0.2, 0.25) is 0 Å². The number of rotatable bonds is 6. The number of hydrogen-bond donors (Lipinski definition) is 0. The Morgan fingerprint density at radius 2 is 2.11 bits per heavy atom. The normalized spacial score (nSPS) is 16.4. The first-order valence-electron chi connectivity index (χ1n) is 11.8. The highest BCUT2D eigenvalue weighted by Gasteiger charge is 2.30. The van der Waals surface area contributed by atoms with Gasteiger partial charge in [0.1, 0.15) is 11.2 Å². The molecule has 37 heavy (non-hydrogen) atoms. The number of ether oxygens (including phenoxy) is 1. The summed E-state index contributed by atoms with van der Waals surface area (Å²) < 4.78 is 8.50. The van der Waals surface area contributed by atoms with E-state index >= 15 is 0 Å². The summed E-state index contributed by atoms with van der Waals surface area (Å²) in [5, 5.41) is 14.0. The number of carbonyl (C=O) groups excluding carboxylic acids is 1. The summed E-state index contributed by atoms with van der Waals surface area (Å²) >= 11 is 7.67. The number of pyridine rings is 1. The first-order chi connectivity index (χ1) is 18.0. The van der Waals surface area contributed by atoms with E-state index in [2.05, 4.69) is 20.5 Å². The quantitative estimate of drug-likeness (QED) is 0.332. The van der Waals surface area contributed by atoms with E-state index in [0.29, 0.717) is 22.9 Å². The van der Waals surface area contributed by atoms with Gasteiger partial charge >= 0.3 is 5.97 Å². The molecule has 0 bridgehead atoms. The molecule has 0 saturated heterocycles. The topological polar surface area (TPSA) is 104 Å². The van der Waals surface area contributed by atoms with Crippen LogP contribution >= 0.6 is 22.9 Å². The summed E-state index contributed by atoms with van der Waals surface area (Å²) in [6.45, 7) is 2.13. The summed E-state index contributed by atoms with van der Waals surface area (Å²) in [4.78, 5) is 30.7. The van der Waals surface area contributed by atoms with Crippen molar-refractivity contribution < 1.29 is 9.53 Å². The molecule has 0 aliphatic carbocycles. The van der Waals surface area contributed by atoms with Crippen LogP contribution in [-0.2, 0) is 11.2 Å². The first-order valence-corrected chi connectivity index (χ1v) is 13.1. The molecule has 4 aromatic rings. The molecule has 0 fully saturated rings. The number of thiophene rings is 1. The standard InChI is InChI=1S/C26H21ClN6O3S/c1-2-36-26(35)24-9-17(13-37-24)16-8-21(28-12-16)23-6-4-19-7-15(10-25(34)33(19)23)20-11-18(27)3-5-22(20)32-14-29-30-31-32/h3,5,7,9-14,23H,2,4,6,8H2,1H3/t23-/m0/s1. The minimum Gasteiger partial charge on any atom is -0.462 e. The predicted molar refractivity (Wildman–Crippen MR) is 142 cm³/mol. The number of halogens is 1. The van der Waals surface area contributed by atoms with E-state index in [9.17, 15) is 9.59 Å². The number of esters is 1. The van der Waals surface area contributed by atoms with Crippen LogP contribution in [-0.4, -0.2) is 43.1 Å². The zero-order chi connectivity index (χ0) is 25.5. The second-order valence-electron chi connectivity index (χ2n) is 8.79. The van der Waals surface area contributed by atoms with E-state index in [0.717, 1.165) is 52.2 Å². The van der Waals surface area contributed by atoms with Gasteiger partial charge in [-0.25, -0.2) is 4.79 Å². The number of nitrogens with zero attached hydrogens (tertiary/aromatic N) is 6. The lowest BCUT2D eigenvalue weighted by molar-refractivity contribution is 0.0532. The van der Waals surface area contributed by atoms with Crippen LogP contribution in [0.15, 0.2) is 64.1 Å². The van der Waals surface area contributed by atoms with Crippen LogP contribution < -0.4 is 5.56 Å². The number of allylic oxidation sites excluding steroid dienone is 1. The molecule has 1 aromatic carbocycles. The Hall–Kier alpha value is -3.89. The molecule has 0 unspecified atom stereocenters. The lowest BCUT2D eigenvalue weighted by Gasteiger charge is -2.17. The second-order valence-corrected chi connectivity index (χ2v) is 10.1. The zero-order valence-corrected chi connectivity index (χ0v) is 21.4. The van der Waals surface area contributed by atoms with Gasteiger partial charge < -0.3 is 9.30 Å². The van der Waals surface area contributed by atoms with Crippen LogP contribution in [0.2, 0.25) is 5.02 Å². The van der Waals surface area contributed by atoms with Crippen LogP contribution in [0.5, 0.6) is 0 Å². The van der Waals surface area contributed by atoms with Gasteiger partial charge in [-0.15, -0.1) is 16.4 Å². The highest BCUT2D eigenvalue weighted by atomic mass is 35.5. The van der Waals surface area contributed by atoms with Crippen molar-refractivity contribution >= 4 is 40.2 Å². The third-order valence-corrected chi connectivity index (χ3v) is 7.73. The molecule has 0 radical (unpaired) electrons. The third-order valence-electron chi connectivity index (χ3n) is 6.59. The average molecular weight is 533 g/mol. The van der Waals surface area contributed by atoms with Crippen LogP contribution in [0, 0.1) is 0 Å². The maximum absolute atomic E-state index is 13.4. The molecule has 3 aromatic heterocycles. The molecule has 0 N–H and O–H groups in total. The molecule has 5 heterocycles. The molecule has 2 aliphatic heterocycles. The molecule has 9 nitrogen and oxygen atoms in total.